The highest BCUT2D eigenvalue weighted by Gasteiger charge is 2.35. The number of alkyl halides is 3. The molecule has 1 aromatic heterocycles. The van der Waals surface area contributed by atoms with Gasteiger partial charge in [-0.05, 0) is 24.5 Å². The summed E-state index contributed by atoms with van der Waals surface area (Å²) in [5.41, 5.74) is 0.391. The van der Waals surface area contributed by atoms with Gasteiger partial charge >= 0.3 is 6.18 Å². The Morgan fingerprint density at radius 3 is 2.50 bits per heavy atom. The standard InChI is InChI=1S/C14H16F3N/c1-2-3-4-8-11-10-7-5-6-9-12(10)18-13(11)14(15,16)17/h5-7,9,18H,2-4,8H2,1H3. The topological polar surface area (TPSA) is 15.8 Å². The molecule has 4 heteroatoms. The first kappa shape index (κ1) is 13.0. The largest absolute Gasteiger partial charge is 0.431 e. The number of H-pyrrole nitrogens is 1. The molecule has 1 nitrogen and oxygen atoms in total. The number of hydrogen-bond acceptors (Lipinski definition) is 0. The Bertz CT molecular complexity index is 525. The van der Waals surface area contributed by atoms with Crippen LogP contribution in [0.3, 0.4) is 0 Å². The number of benzene rings is 1. The van der Waals surface area contributed by atoms with Gasteiger partial charge in [-0.3, -0.25) is 0 Å². The minimum Gasteiger partial charge on any atom is -0.351 e. The molecule has 0 bridgehead atoms. The highest BCUT2D eigenvalue weighted by molar-refractivity contribution is 5.84. The molecule has 0 saturated heterocycles. The average Bonchev–Trinajstić information content (AvgIpc) is 2.69. The molecule has 0 fully saturated rings. The highest BCUT2D eigenvalue weighted by Crippen LogP contribution is 2.36. The molecule has 0 saturated carbocycles. The summed E-state index contributed by atoms with van der Waals surface area (Å²) in [7, 11) is 0. The number of hydrogen-bond donors (Lipinski definition) is 1. The number of unbranched alkanes of at least 4 members (excludes halogenated alkanes) is 2. The molecule has 1 N–H and O–H groups in total. The van der Waals surface area contributed by atoms with E-state index in [1.165, 1.54) is 0 Å². The quantitative estimate of drug-likeness (QED) is 0.746. The number of fused-ring (bicyclic) bond motifs is 1. The van der Waals surface area contributed by atoms with Gasteiger partial charge in [-0.25, -0.2) is 0 Å². The van der Waals surface area contributed by atoms with Crippen LogP contribution >= 0.6 is 0 Å². The maximum atomic E-state index is 13.0. The van der Waals surface area contributed by atoms with Gasteiger partial charge in [0.15, 0.2) is 0 Å². The van der Waals surface area contributed by atoms with E-state index >= 15 is 0 Å². The van der Waals surface area contributed by atoms with E-state index in [-0.39, 0.29) is 0 Å². The van der Waals surface area contributed by atoms with E-state index in [4.69, 9.17) is 0 Å². The van der Waals surface area contributed by atoms with Crippen molar-refractivity contribution in [3.8, 4) is 0 Å². The molecule has 0 aliphatic rings. The van der Waals surface area contributed by atoms with Crippen LogP contribution in [0.4, 0.5) is 13.2 Å². The van der Waals surface area contributed by atoms with E-state index in [1.54, 1.807) is 24.3 Å². The molecular formula is C14H16F3N. The Morgan fingerprint density at radius 2 is 1.83 bits per heavy atom. The van der Waals surface area contributed by atoms with Crippen molar-refractivity contribution >= 4 is 10.9 Å². The zero-order chi connectivity index (χ0) is 13.2. The minimum atomic E-state index is -4.30. The fraction of sp³-hybridized carbons (Fsp3) is 0.429. The molecule has 0 spiro atoms. The van der Waals surface area contributed by atoms with Crippen LogP contribution in [-0.2, 0) is 12.6 Å². The molecule has 0 aliphatic heterocycles. The third kappa shape index (κ3) is 2.52. The van der Waals surface area contributed by atoms with Gasteiger partial charge in [-0.2, -0.15) is 13.2 Å². The van der Waals surface area contributed by atoms with Gasteiger partial charge in [0.2, 0.25) is 0 Å². The summed E-state index contributed by atoms with van der Waals surface area (Å²) < 4.78 is 38.9. The summed E-state index contributed by atoms with van der Waals surface area (Å²) >= 11 is 0. The number of nitrogens with one attached hydrogen (secondary N) is 1. The lowest BCUT2D eigenvalue weighted by molar-refractivity contribution is -0.141. The predicted molar refractivity (Wildman–Crippen MR) is 66.5 cm³/mol. The SMILES string of the molecule is CCCCCc1c(C(F)(F)F)[nH]c2ccccc12. The first-order valence-electron chi connectivity index (χ1n) is 6.20. The molecule has 0 atom stereocenters. The van der Waals surface area contributed by atoms with Gasteiger partial charge in [-0.15, -0.1) is 0 Å². The van der Waals surface area contributed by atoms with Crippen molar-refractivity contribution in [1.29, 1.82) is 0 Å². The third-order valence-corrected chi connectivity index (χ3v) is 3.13. The molecule has 0 aliphatic carbocycles. The number of aryl methyl sites for hydroxylation is 1. The Balaban J connectivity index is 2.44. The minimum absolute atomic E-state index is 0.409. The second-order valence-electron chi connectivity index (χ2n) is 4.48. The van der Waals surface area contributed by atoms with Crippen molar-refractivity contribution in [3.05, 3.63) is 35.5 Å². The van der Waals surface area contributed by atoms with Gasteiger partial charge in [0.05, 0.1) is 0 Å². The van der Waals surface area contributed by atoms with Crippen molar-refractivity contribution in [2.24, 2.45) is 0 Å². The number of halogens is 3. The summed E-state index contributed by atoms with van der Waals surface area (Å²) in [6, 6.07) is 6.96. The van der Waals surface area contributed by atoms with Crippen molar-refractivity contribution in [1.82, 2.24) is 4.98 Å². The number of para-hydroxylation sites is 1. The van der Waals surface area contributed by atoms with E-state index in [0.29, 0.717) is 22.9 Å². The van der Waals surface area contributed by atoms with Crippen LogP contribution in [0.2, 0.25) is 0 Å². The molecule has 0 radical (unpaired) electrons. The van der Waals surface area contributed by atoms with Crippen molar-refractivity contribution in [2.75, 3.05) is 0 Å². The lowest BCUT2D eigenvalue weighted by atomic mass is 10.0. The lowest BCUT2D eigenvalue weighted by Crippen LogP contribution is -2.08. The Hall–Kier alpha value is -1.45. The summed E-state index contributed by atoms with van der Waals surface area (Å²) in [5.74, 6) is 0. The maximum Gasteiger partial charge on any atom is 0.431 e. The summed E-state index contributed by atoms with van der Waals surface area (Å²) in [4.78, 5) is 2.51. The molecule has 2 rings (SSSR count). The van der Waals surface area contributed by atoms with Gasteiger partial charge in [0.25, 0.3) is 0 Å². The average molecular weight is 255 g/mol. The summed E-state index contributed by atoms with van der Waals surface area (Å²) in [5, 5.41) is 0.695. The Morgan fingerprint density at radius 1 is 1.11 bits per heavy atom. The number of aromatic nitrogens is 1. The fourth-order valence-electron chi connectivity index (χ4n) is 2.25. The first-order valence-corrected chi connectivity index (χ1v) is 6.20. The van der Waals surface area contributed by atoms with Crippen molar-refractivity contribution in [3.63, 3.8) is 0 Å². The second kappa shape index (κ2) is 5.04. The van der Waals surface area contributed by atoms with Crippen LogP contribution < -0.4 is 0 Å². The van der Waals surface area contributed by atoms with Crippen LogP contribution in [0.5, 0.6) is 0 Å². The Labute approximate surface area is 104 Å². The summed E-state index contributed by atoms with van der Waals surface area (Å²) in [6.07, 6.45) is -1.07. The molecule has 1 aromatic carbocycles. The smallest absolute Gasteiger partial charge is 0.351 e. The number of rotatable bonds is 4. The van der Waals surface area contributed by atoms with Gasteiger partial charge in [-0.1, -0.05) is 38.0 Å². The predicted octanol–water partition coefficient (Wildman–Crippen LogP) is 4.92. The molecule has 0 unspecified atom stereocenters. The first-order chi connectivity index (χ1) is 8.54. The van der Waals surface area contributed by atoms with Crippen LogP contribution in [0.15, 0.2) is 24.3 Å². The molecule has 1 heterocycles. The fourth-order valence-corrected chi connectivity index (χ4v) is 2.25. The number of aromatic amines is 1. The van der Waals surface area contributed by atoms with Crippen LogP contribution in [0.1, 0.15) is 37.4 Å². The van der Waals surface area contributed by atoms with Crippen LogP contribution in [0, 0.1) is 0 Å². The molecule has 98 valence electrons. The zero-order valence-corrected chi connectivity index (χ0v) is 10.3. The lowest BCUT2D eigenvalue weighted by Gasteiger charge is -2.08. The second-order valence-corrected chi connectivity index (χ2v) is 4.48. The highest BCUT2D eigenvalue weighted by atomic mass is 19.4. The normalized spacial score (nSPS) is 12.2. The van der Waals surface area contributed by atoms with E-state index < -0.39 is 11.9 Å². The molecular weight excluding hydrogens is 239 g/mol. The van der Waals surface area contributed by atoms with E-state index in [2.05, 4.69) is 4.98 Å². The van der Waals surface area contributed by atoms with E-state index in [1.807, 2.05) is 6.92 Å². The Kier molecular flexibility index (Phi) is 3.64. The third-order valence-electron chi connectivity index (χ3n) is 3.13. The van der Waals surface area contributed by atoms with Crippen molar-refractivity contribution in [2.45, 2.75) is 38.8 Å². The maximum absolute atomic E-state index is 13.0. The van der Waals surface area contributed by atoms with Crippen LogP contribution in [0.25, 0.3) is 10.9 Å². The molecule has 18 heavy (non-hydrogen) atoms. The molecule has 2 aromatic rings. The van der Waals surface area contributed by atoms with E-state index in [0.717, 1.165) is 19.3 Å². The zero-order valence-electron chi connectivity index (χ0n) is 10.3. The van der Waals surface area contributed by atoms with Gasteiger partial charge in [0, 0.05) is 10.9 Å². The van der Waals surface area contributed by atoms with E-state index in [9.17, 15) is 13.2 Å². The van der Waals surface area contributed by atoms with Crippen LogP contribution in [-0.4, -0.2) is 4.98 Å². The van der Waals surface area contributed by atoms with Gasteiger partial charge < -0.3 is 4.98 Å². The molecule has 0 amide bonds. The monoisotopic (exact) mass is 255 g/mol. The van der Waals surface area contributed by atoms with Gasteiger partial charge in [0.1, 0.15) is 5.69 Å². The van der Waals surface area contributed by atoms with Crippen molar-refractivity contribution < 1.29 is 13.2 Å². The summed E-state index contributed by atoms with van der Waals surface area (Å²) in [6.45, 7) is 2.04.